The smallest absolute Gasteiger partial charge is 0.251 e. The maximum atomic E-state index is 13.3. The number of hydrogen-bond acceptors (Lipinski definition) is 6. The van der Waals surface area contributed by atoms with E-state index in [1.165, 1.54) is 44.9 Å². The molecule has 1 aliphatic heterocycles. The lowest BCUT2D eigenvalue weighted by Crippen LogP contribution is -2.48. The van der Waals surface area contributed by atoms with Gasteiger partial charge in [-0.1, -0.05) is 63.2 Å². The fourth-order valence-corrected chi connectivity index (χ4v) is 6.11. The Labute approximate surface area is 225 Å². The van der Waals surface area contributed by atoms with E-state index in [0.29, 0.717) is 38.1 Å². The number of pyridine rings is 2. The number of fused-ring (bicyclic) bond motifs is 1. The molecule has 3 aliphatic rings. The molecular formula is C31H39N5O2. The van der Waals surface area contributed by atoms with E-state index in [0.717, 1.165) is 34.8 Å². The number of carbonyl (C=O) groups is 1. The molecule has 3 heterocycles. The number of carbonyl (C=O) groups excluding carboxylic acids is 1. The van der Waals surface area contributed by atoms with Crippen molar-refractivity contribution < 1.29 is 9.90 Å². The van der Waals surface area contributed by atoms with Crippen molar-refractivity contribution in [3.63, 3.8) is 0 Å². The molecule has 200 valence electrons. The van der Waals surface area contributed by atoms with Crippen LogP contribution >= 0.6 is 0 Å². The van der Waals surface area contributed by atoms with Crippen LogP contribution in [-0.2, 0) is 4.79 Å². The predicted octanol–water partition coefficient (Wildman–Crippen LogP) is 5.40. The third kappa shape index (κ3) is 6.26. The van der Waals surface area contributed by atoms with Gasteiger partial charge in [-0.05, 0) is 67.9 Å². The lowest BCUT2D eigenvalue weighted by Gasteiger charge is -2.33. The van der Waals surface area contributed by atoms with Gasteiger partial charge < -0.3 is 10.4 Å². The highest BCUT2D eigenvalue weighted by atomic mass is 16.3. The summed E-state index contributed by atoms with van der Waals surface area (Å²) in [7, 11) is 0. The van der Waals surface area contributed by atoms with E-state index in [-0.39, 0.29) is 11.8 Å². The van der Waals surface area contributed by atoms with Crippen molar-refractivity contribution in [1.82, 2.24) is 15.3 Å². The Bertz CT molecular complexity index is 1170. The molecule has 2 N–H and O–H groups in total. The average Bonchev–Trinajstić information content (AvgIpc) is 2.92. The van der Waals surface area contributed by atoms with Gasteiger partial charge >= 0.3 is 0 Å². The Morgan fingerprint density at radius 2 is 1.61 bits per heavy atom. The molecule has 2 atom stereocenters. The number of allylic oxidation sites excluding steroid dienone is 2. The molecule has 2 aliphatic carbocycles. The van der Waals surface area contributed by atoms with Crippen molar-refractivity contribution in [3.8, 4) is 0 Å². The molecule has 1 saturated carbocycles. The largest absolute Gasteiger partial charge is 0.380 e. The van der Waals surface area contributed by atoms with Crippen molar-refractivity contribution in [2.45, 2.75) is 82.7 Å². The topological polar surface area (TPSA) is 99.8 Å². The van der Waals surface area contributed by atoms with E-state index < -0.39 is 5.60 Å². The molecule has 1 amide bonds. The molecule has 0 bridgehead atoms. The Morgan fingerprint density at radius 3 is 2.32 bits per heavy atom. The number of rotatable bonds is 6. The molecule has 2 aromatic heterocycles. The highest BCUT2D eigenvalue weighted by molar-refractivity contribution is 6.19. The van der Waals surface area contributed by atoms with Gasteiger partial charge in [0.1, 0.15) is 11.3 Å². The second-order valence-electron chi connectivity index (χ2n) is 10.9. The second kappa shape index (κ2) is 12.6. The monoisotopic (exact) mass is 513 g/mol. The summed E-state index contributed by atoms with van der Waals surface area (Å²) in [6.07, 6.45) is 17.6. The van der Waals surface area contributed by atoms with E-state index in [9.17, 15) is 9.90 Å². The fourth-order valence-electron chi connectivity index (χ4n) is 6.11. The lowest BCUT2D eigenvalue weighted by atomic mass is 9.76. The minimum Gasteiger partial charge on any atom is -0.380 e. The molecule has 1 fully saturated rings. The summed E-state index contributed by atoms with van der Waals surface area (Å²) in [4.78, 5) is 22.3. The summed E-state index contributed by atoms with van der Waals surface area (Å²) in [5.74, 6) is 0.302. The van der Waals surface area contributed by atoms with Gasteiger partial charge in [-0.3, -0.25) is 14.8 Å². The zero-order valence-corrected chi connectivity index (χ0v) is 22.2. The Morgan fingerprint density at radius 1 is 0.895 bits per heavy atom. The van der Waals surface area contributed by atoms with Gasteiger partial charge in [0.15, 0.2) is 0 Å². The Balaban J connectivity index is 1.31. The van der Waals surface area contributed by atoms with Crippen molar-refractivity contribution >= 4 is 17.3 Å². The van der Waals surface area contributed by atoms with Gasteiger partial charge in [-0.2, -0.15) is 5.10 Å². The molecule has 0 aromatic carbocycles. The SMILES string of the molecule is O=C(NCCC1CCCCCCC1)[C@@]1(O)CC/C=C2/C(c3ccccn3)=NN=C(c3ccccn3)C2CC1. The molecule has 38 heavy (non-hydrogen) atoms. The molecule has 0 saturated heterocycles. The molecule has 0 spiro atoms. The van der Waals surface area contributed by atoms with Crippen LogP contribution in [0.1, 0.15) is 88.4 Å². The summed E-state index contributed by atoms with van der Waals surface area (Å²) in [5, 5.41) is 23.8. The summed E-state index contributed by atoms with van der Waals surface area (Å²) in [6.45, 7) is 0.632. The van der Waals surface area contributed by atoms with E-state index in [1.54, 1.807) is 12.4 Å². The Kier molecular flexibility index (Phi) is 8.74. The number of hydrogen-bond donors (Lipinski definition) is 2. The van der Waals surface area contributed by atoms with Gasteiger partial charge in [-0.25, -0.2) is 0 Å². The molecule has 5 rings (SSSR count). The van der Waals surface area contributed by atoms with Crippen molar-refractivity contribution in [1.29, 1.82) is 0 Å². The summed E-state index contributed by atoms with van der Waals surface area (Å²) in [6, 6.07) is 11.5. The first-order valence-electron chi connectivity index (χ1n) is 14.3. The summed E-state index contributed by atoms with van der Waals surface area (Å²) in [5.41, 5.74) is 2.70. The van der Waals surface area contributed by atoms with Gasteiger partial charge in [0.25, 0.3) is 5.91 Å². The van der Waals surface area contributed by atoms with Crippen LogP contribution in [0.3, 0.4) is 0 Å². The highest BCUT2D eigenvalue weighted by Gasteiger charge is 2.40. The van der Waals surface area contributed by atoms with E-state index in [1.807, 2.05) is 36.4 Å². The Hall–Kier alpha value is -3.19. The van der Waals surface area contributed by atoms with E-state index in [2.05, 4.69) is 31.6 Å². The van der Waals surface area contributed by atoms with Gasteiger partial charge in [0, 0.05) is 24.9 Å². The quantitative estimate of drug-likeness (QED) is 0.540. The third-order valence-corrected chi connectivity index (χ3v) is 8.33. The highest BCUT2D eigenvalue weighted by Crippen LogP contribution is 2.35. The van der Waals surface area contributed by atoms with E-state index >= 15 is 0 Å². The van der Waals surface area contributed by atoms with Crippen LogP contribution in [0, 0.1) is 11.8 Å². The van der Waals surface area contributed by atoms with Crippen LogP contribution < -0.4 is 5.32 Å². The summed E-state index contributed by atoms with van der Waals surface area (Å²) < 4.78 is 0. The molecule has 1 unspecified atom stereocenters. The normalized spacial score (nSPS) is 26.2. The maximum absolute atomic E-state index is 13.3. The second-order valence-corrected chi connectivity index (χ2v) is 10.9. The van der Waals surface area contributed by atoms with Gasteiger partial charge in [0.2, 0.25) is 0 Å². The van der Waals surface area contributed by atoms with Gasteiger partial charge in [-0.15, -0.1) is 5.10 Å². The predicted molar refractivity (Wildman–Crippen MR) is 150 cm³/mol. The fraction of sp³-hybridized carbons (Fsp3) is 0.516. The number of nitrogens with zero attached hydrogens (tertiary/aromatic N) is 4. The van der Waals surface area contributed by atoms with Crippen LogP contribution in [0.15, 0.2) is 70.6 Å². The van der Waals surface area contributed by atoms with Crippen LogP contribution in [0.5, 0.6) is 0 Å². The molecular weight excluding hydrogens is 474 g/mol. The molecule has 7 nitrogen and oxygen atoms in total. The molecule has 2 aromatic rings. The van der Waals surface area contributed by atoms with Crippen LogP contribution in [0.25, 0.3) is 0 Å². The standard InChI is InChI=1S/C31H39N5O2/c37-30(34-22-17-23-11-4-2-1-3-5-12-23)31(38)18-10-13-24-25(16-19-31)29(27-15-7-9-21-33-27)36-35-28(24)26-14-6-8-20-32-26/h6-9,13-15,20-21,23,25,38H,1-5,10-12,16-19,22H2,(H,34,37)/b24-13+/t25?,31-/m1/s1. The van der Waals surface area contributed by atoms with Crippen molar-refractivity contribution in [2.75, 3.05) is 6.54 Å². The first-order chi connectivity index (χ1) is 18.6. The lowest BCUT2D eigenvalue weighted by molar-refractivity contribution is -0.141. The zero-order valence-electron chi connectivity index (χ0n) is 22.2. The minimum atomic E-state index is -1.40. The van der Waals surface area contributed by atoms with Crippen molar-refractivity contribution in [2.24, 2.45) is 22.0 Å². The van der Waals surface area contributed by atoms with Gasteiger partial charge in [0.05, 0.1) is 17.1 Å². The minimum absolute atomic E-state index is 0.131. The number of amides is 1. The van der Waals surface area contributed by atoms with E-state index in [4.69, 9.17) is 0 Å². The zero-order chi connectivity index (χ0) is 26.2. The number of aromatic nitrogens is 2. The molecule has 0 radical (unpaired) electrons. The first-order valence-corrected chi connectivity index (χ1v) is 14.3. The van der Waals surface area contributed by atoms with Crippen LogP contribution in [0.2, 0.25) is 0 Å². The maximum Gasteiger partial charge on any atom is 0.251 e. The third-order valence-electron chi connectivity index (χ3n) is 8.33. The molecule has 7 heteroatoms. The average molecular weight is 514 g/mol. The number of aliphatic hydroxyl groups is 1. The van der Waals surface area contributed by atoms with Crippen LogP contribution in [0.4, 0.5) is 0 Å². The first kappa shape index (κ1) is 26.4. The summed E-state index contributed by atoms with van der Waals surface area (Å²) >= 11 is 0. The van der Waals surface area contributed by atoms with Crippen LogP contribution in [-0.4, -0.2) is 44.6 Å². The number of nitrogens with one attached hydrogen (secondary N) is 1. The van der Waals surface area contributed by atoms with Crippen molar-refractivity contribution in [3.05, 3.63) is 71.8 Å².